The van der Waals surface area contributed by atoms with Crippen molar-refractivity contribution in [3.63, 3.8) is 0 Å². The average Bonchev–Trinajstić information content (AvgIpc) is 2.58. The summed E-state index contributed by atoms with van der Waals surface area (Å²) < 4.78 is 16.9. The average molecular weight is 457 g/mol. The molecule has 1 aromatic carbocycles. The second-order valence-electron chi connectivity index (χ2n) is 4.74. The van der Waals surface area contributed by atoms with Crippen LogP contribution in [0.25, 0.3) is 0 Å². The van der Waals surface area contributed by atoms with E-state index < -0.39 is 11.9 Å². The molecular weight excluding hydrogens is 434 g/mol. The zero-order chi connectivity index (χ0) is 19.8. The molecule has 8 nitrogen and oxygen atoms in total. The van der Waals surface area contributed by atoms with E-state index in [1.54, 1.807) is 7.11 Å². The lowest BCUT2D eigenvalue weighted by Gasteiger charge is -2.09. The summed E-state index contributed by atoms with van der Waals surface area (Å²) in [5.41, 5.74) is 0. The Morgan fingerprint density at radius 1 is 1.12 bits per heavy atom. The van der Waals surface area contributed by atoms with Gasteiger partial charge in [-0.3, -0.25) is 0 Å². The van der Waals surface area contributed by atoms with Crippen LogP contribution in [0.1, 0.15) is 6.42 Å². The number of aliphatic carboxylic acids is 2. The summed E-state index contributed by atoms with van der Waals surface area (Å²) in [6.07, 6.45) is 1.02. The van der Waals surface area contributed by atoms with E-state index in [0.29, 0.717) is 30.6 Å². The van der Waals surface area contributed by atoms with E-state index in [0.717, 1.165) is 30.6 Å². The lowest BCUT2D eigenvalue weighted by Crippen LogP contribution is -2.22. The van der Waals surface area contributed by atoms with E-state index in [-0.39, 0.29) is 0 Å². The van der Waals surface area contributed by atoms with Crippen LogP contribution >= 0.6 is 27.5 Å². The van der Waals surface area contributed by atoms with Crippen molar-refractivity contribution < 1.29 is 34.0 Å². The number of ether oxygens (including phenoxy) is 3. The zero-order valence-corrected chi connectivity index (χ0v) is 16.7. The quantitative estimate of drug-likeness (QED) is 0.343. The fourth-order valence-electron chi connectivity index (χ4n) is 1.52. The Labute approximate surface area is 165 Å². The van der Waals surface area contributed by atoms with Gasteiger partial charge in [0.25, 0.3) is 0 Å². The maximum atomic E-state index is 9.10. The fraction of sp³-hybridized carbons (Fsp3) is 0.500. The van der Waals surface area contributed by atoms with Crippen molar-refractivity contribution in [1.82, 2.24) is 5.32 Å². The molecule has 0 spiro atoms. The Balaban J connectivity index is 0.000000896. The van der Waals surface area contributed by atoms with Crippen molar-refractivity contribution in [2.75, 3.05) is 46.6 Å². The van der Waals surface area contributed by atoms with Crippen LogP contribution in [0, 0.1) is 0 Å². The first-order valence-electron chi connectivity index (χ1n) is 7.70. The molecular formula is C16H23BrClNO7. The van der Waals surface area contributed by atoms with E-state index >= 15 is 0 Å². The van der Waals surface area contributed by atoms with Crippen molar-refractivity contribution in [1.29, 1.82) is 0 Å². The summed E-state index contributed by atoms with van der Waals surface area (Å²) in [6.45, 7) is 4.28. The molecule has 0 atom stereocenters. The predicted octanol–water partition coefficient (Wildman–Crippen LogP) is 2.28. The highest BCUT2D eigenvalue weighted by Gasteiger charge is 2.04. The molecule has 1 aromatic rings. The highest BCUT2D eigenvalue weighted by molar-refractivity contribution is 9.10. The number of methoxy groups -OCH3 is 1. The summed E-state index contributed by atoms with van der Waals surface area (Å²) in [6, 6.07) is 5.54. The van der Waals surface area contributed by atoms with Gasteiger partial charge in [-0.1, -0.05) is 27.5 Å². The van der Waals surface area contributed by atoms with E-state index in [4.69, 9.17) is 45.6 Å². The maximum Gasteiger partial charge on any atom is 0.414 e. The van der Waals surface area contributed by atoms with E-state index in [9.17, 15) is 0 Å². The first-order chi connectivity index (χ1) is 12.4. The molecule has 0 amide bonds. The minimum Gasteiger partial charge on any atom is -0.490 e. The van der Waals surface area contributed by atoms with Crippen molar-refractivity contribution in [2.45, 2.75) is 6.42 Å². The SMILES string of the molecule is COCCCNCCOCCOc1ccc(Br)cc1Cl.O=C(O)C(=O)O. The number of rotatable bonds is 11. The third kappa shape index (κ3) is 13.9. The number of halogens is 2. The molecule has 0 unspecified atom stereocenters. The lowest BCUT2D eigenvalue weighted by atomic mass is 10.3. The van der Waals surface area contributed by atoms with Crippen molar-refractivity contribution in [2.24, 2.45) is 0 Å². The van der Waals surface area contributed by atoms with Crippen LogP contribution in [0.2, 0.25) is 5.02 Å². The molecule has 10 heteroatoms. The summed E-state index contributed by atoms with van der Waals surface area (Å²) in [5, 5.41) is 18.7. The Hall–Kier alpha value is -1.39. The van der Waals surface area contributed by atoms with Gasteiger partial charge < -0.3 is 29.7 Å². The van der Waals surface area contributed by atoms with Gasteiger partial charge in [-0.05, 0) is 31.2 Å². The number of hydrogen-bond donors (Lipinski definition) is 3. The van der Waals surface area contributed by atoms with Gasteiger partial charge in [0.2, 0.25) is 0 Å². The Kier molecular flexibility index (Phi) is 15.0. The van der Waals surface area contributed by atoms with Gasteiger partial charge in [0.05, 0.1) is 18.2 Å². The number of nitrogens with one attached hydrogen (secondary N) is 1. The number of carboxylic acid groups (broad SMARTS) is 2. The Bertz CT molecular complexity index is 533. The van der Waals surface area contributed by atoms with Gasteiger partial charge in [0.15, 0.2) is 0 Å². The van der Waals surface area contributed by atoms with Gasteiger partial charge in [-0.2, -0.15) is 0 Å². The van der Waals surface area contributed by atoms with Crippen LogP contribution < -0.4 is 10.1 Å². The van der Waals surface area contributed by atoms with E-state index in [1.807, 2.05) is 18.2 Å². The van der Waals surface area contributed by atoms with Crippen LogP contribution in [0.3, 0.4) is 0 Å². The summed E-state index contributed by atoms with van der Waals surface area (Å²) in [4.78, 5) is 18.2. The van der Waals surface area contributed by atoms with Gasteiger partial charge in [-0.15, -0.1) is 0 Å². The van der Waals surface area contributed by atoms with Gasteiger partial charge >= 0.3 is 11.9 Å². The van der Waals surface area contributed by atoms with Crippen LogP contribution in [0.4, 0.5) is 0 Å². The Morgan fingerprint density at radius 2 is 1.81 bits per heavy atom. The summed E-state index contributed by atoms with van der Waals surface area (Å²) in [7, 11) is 1.71. The molecule has 26 heavy (non-hydrogen) atoms. The minimum atomic E-state index is -1.82. The van der Waals surface area contributed by atoms with Crippen LogP contribution in [0.15, 0.2) is 22.7 Å². The van der Waals surface area contributed by atoms with E-state index in [2.05, 4.69) is 21.2 Å². The molecule has 0 aliphatic heterocycles. The number of carboxylic acids is 2. The van der Waals surface area contributed by atoms with Crippen LogP contribution in [-0.4, -0.2) is 68.8 Å². The second kappa shape index (κ2) is 15.8. The second-order valence-corrected chi connectivity index (χ2v) is 6.07. The van der Waals surface area contributed by atoms with Crippen LogP contribution in [0.5, 0.6) is 5.75 Å². The lowest BCUT2D eigenvalue weighted by molar-refractivity contribution is -0.159. The summed E-state index contributed by atoms with van der Waals surface area (Å²) in [5.74, 6) is -2.97. The molecule has 3 N–H and O–H groups in total. The van der Waals surface area contributed by atoms with Gasteiger partial charge in [0.1, 0.15) is 12.4 Å². The molecule has 0 bridgehead atoms. The number of carbonyl (C=O) groups is 2. The molecule has 0 radical (unpaired) electrons. The molecule has 0 fully saturated rings. The highest BCUT2D eigenvalue weighted by atomic mass is 79.9. The molecule has 0 heterocycles. The summed E-state index contributed by atoms with van der Waals surface area (Å²) >= 11 is 9.39. The van der Waals surface area contributed by atoms with Crippen molar-refractivity contribution in [3.8, 4) is 5.75 Å². The minimum absolute atomic E-state index is 0.491. The standard InChI is InChI=1S/C14H21BrClNO3.C2H2O4/c1-18-7-2-5-17-6-8-19-9-10-20-14-4-3-12(15)11-13(14)16;3-1(4)2(5)6/h3-4,11,17H,2,5-10H2,1H3;(H,3,4)(H,5,6). The third-order valence-corrected chi connectivity index (χ3v) is 3.48. The Morgan fingerprint density at radius 3 is 2.38 bits per heavy atom. The molecule has 0 aliphatic rings. The number of benzene rings is 1. The zero-order valence-electron chi connectivity index (χ0n) is 14.4. The number of hydrogen-bond acceptors (Lipinski definition) is 6. The van der Waals surface area contributed by atoms with Gasteiger partial charge in [-0.25, -0.2) is 9.59 Å². The molecule has 0 aliphatic carbocycles. The molecule has 1 rings (SSSR count). The first-order valence-corrected chi connectivity index (χ1v) is 8.87. The van der Waals surface area contributed by atoms with Gasteiger partial charge in [0, 0.05) is 24.7 Å². The molecule has 0 saturated carbocycles. The highest BCUT2D eigenvalue weighted by Crippen LogP contribution is 2.27. The normalized spacial score (nSPS) is 9.96. The molecule has 0 aromatic heterocycles. The topological polar surface area (TPSA) is 114 Å². The van der Waals surface area contributed by atoms with Crippen LogP contribution in [-0.2, 0) is 19.1 Å². The molecule has 148 valence electrons. The smallest absolute Gasteiger partial charge is 0.414 e. The van der Waals surface area contributed by atoms with E-state index in [1.165, 1.54) is 0 Å². The van der Waals surface area contributed by atoms with Crippen molar-refractivity contribution in [3.05, 3.63) is 27.7 Å². The maximum absolute atomic E-state index is 9.10. The van der Waals surface area contributed by atoms with Crippen molar-refractivity contribution >= 4 is 39.5 Å². The fourth-order valence-corrected chi connectivity index (χ4v) is 2.24. The predicted molar refractivity (Wildman–Crippen MR) is 100 cm³/mol. The monoisotopic (exact) mass is 455 g/mol. The largest absolute Gasteiger partial charge is 0.490 e. The third-order valence-electron chi connectivity index (χ3n) is 2.69. The first kappa shape index (κ1) is 24.6. The molecule has 0 saturated heterocycles.